The van der Waals surface area contributed by atoms with Gasteiger partial charge in [0.2, 0.25) is 0 Å². The van der Waals surface area contributed by atoms with Crippen LogP contribution in [0.3, 0.4) is 0 Å². The zero-order chi connectivity index (χ0) is 10.0. The quantitative estimate of drug-likeness (QED) is 0.807. The summed E-state index contributed by atoms with van der Waals surface area (Å²) in [6.07, 6.45) is -1.23. The summed E-state index contributed by atoms with van der Waals surface area (Å²) in [7, 11) is 0. The Hall–Kier alpha value is -0.740. The monoisotopic (exact) mass is 206 g/mol. The van der Waals surface area contributed by atoms with E-state index in [0.29, 0.717) is 11.3 Å². The molecular weight excluding hydrogens is 198 g/mol. The lowest BCUT2D eigenvalue weighted by Gasteiger charge is -2.09. The Morgan fingerprint density at radius 1 is 1.62 bits per heavy atom. The zero-order valence-electron chi connectivity index (χ0n) is 7.02. The molecule has 1 aromatic rings. The first-order chi connectivity index (χ1) is 6.07. The topological polar surface area (TPSA) is 38.9 Å². The molecule has 72 valence electrons. The molecule has 0 aliphatic rings. The lowest BCUT2D eigenvalue weighted by atomic mass is 10.1. The standard InChI is InChI=1S/C8H9ClF2N2/c1-4-3-13-5(2-12)7(9)6(4)8(10)11/h3,8H,2,12H2,1H3. The van der Waals surface area contributed by atoms with Gasteiger partial charge in [-0.15, -0.1) is 0 Å². The van der Waals surface area contributed by atoms with E-state index in [0.717, 1.165) is 0 Å². The zero-order valence-corrected chi connectivity index (χ0v) is 7.78. The van der Waals surface area contributed by atoms with Crippen LogP contribution in [-0.4, -0.2) is 4.98 Å². The van der Waals surface area contributed by atoms with Gasteiger partial charge in [-0.05, 0) is 12.5 Å². The van der Waals surface area contributed by atoms with E-state index in [4.69, 9.17) is 17.3 Å². The molecule has 1 heterocycles. The third kappa shape index (κ3) is 1.95. The van der Waals surface area contributed by atoms with Crippen LogP contribution in [0, 0.1) is 6.92 Å². The number of nitrogens with two attached hydrogens (primary N) is 1. The van der Waals surface area contributed by atoms with Crippen LogP contribution in [0.5, 0.6) is 0 Å². The van der Waals surface area contributed by atoms with E-state index in [1.54, 1.807) is 6.92 Å². The lowest BCUT2D eigenvalue weighted by molar-refractivity contribution is 0.150. The van der Waals surface area contributed by atoms with Crippen molar-refractivity contribution >= 4 is 11.6 Å². The summed E-state index contributed by atoms with van der Waals surface area (Å²) in [4.78, 5) is 3.85. The van der Waals surface area contributed by atoms with Crippen molar-refractivity contribution in [2.24, 2.45) is 5.73 Å². The van der Waals surface area contributed by atoms with Crippen LogP contribution in [0.15, 0.2) is 6.20 Å². The van der Waals surface area contributed by atoms with Crippen LogP contribution < -0.4 is 5.73 Å². The summed E-state index contributed by atoms with van der Waals surface area (Å²) < 4.78 is 24.9. The Morgan fingerprint density at radius 2 is 2.23 bits per heavy atom. The van der Waals surface area contributed by atoms with E-state index in [9.17, 15) is 8.78 Å². The summed E-state index contributed by atoms with van der Waals surface area (Å²) in [6, 6.07) is 0. The van der Waals surface area contributed by atoms with Gasteiger partial charge in [0.15, 0.2) is 0 Å². The molecule has 0 saturated heterocycles. The number of rotatable bonds is 2. The number of aromatic nitrogens is 1. The first-order valence-corrected chi connectivity index (χ1v) is 4.07. The second-order valence-corrected chi connectivity index (χ2v) is 3.00. The van der Waals surface area contributed by atoms with Crippen molar-refractivity contribution in [1.29, 1.82) is 0 Å². The molecule has 5 heteroatoms. The maximum atomic E-state index is 12.5. The molecule has 0 unspecified atom stereocenters. The molecule has 0 atom stereocenters. The fraction of sp³-hybridized carbons (Fsp3) is 0.375. The smallest absolute Gasteiger partial charge is 0.265 e. The van der Waals surface area contributed by atoms with E-state index in [2.05, 4.69) is 4.98 Å². The third-order valence-corrected chi connectivity index (χ3v) is 2.16. The van der Waals surface area contributed by atoms with Gasteiger partial charge < -0.3 is 5.73 Å². The molecule has 0 aliphatic carbocycles. The van der Waals surface area contributed by atoms with E-state index in [1.165, 1.54) is 6.20 Å². The molecule has 1 aromatic heterocycles. The summed E-state index contributed by atoms with van der Waals surface area (Å²) >= 11 is 5.69. The van der Waals surface area contributed by atoms with Crippen molar-refractivity contribution in [1.82, 2.24) is 4.98 Å². The molecule has 1 rings (SSSR count). The van der Waals surface area contributed by atoms with Crippen molar-refractivity contribution in [2.45, 2.75) is 19.9 Å². The van der Waals surface area contributed by atoms with Crippen molar-refractivity contribution in [3.05, 3.63) is 28.0 Å². The Balaban J connectivity index is 3.30. The molecule has 2 N–H and O–H groups in total. The molecule has 0 saturated carbocycles. The largest absolute Gasteiger partial charge is 0.325 e. The summed E-state index contributed by atoms with van der Waals surface area (Å²) in [5.41, 5.74) is 5.80. The number of alkyl halides is 2. The number of hydrogen-bond donors (Lipinski definition) is 1. The van der Waals surface area contributed by atoms with Crippen LogP contribution in [0.2, 0.25) is 5.02 Å². The molecular formula is C8H9ClF2N2. The van der Waals surface area contributed by atoms with Crippen LogP contribution in [0.25, 0.3) is 0 Å². The second-order valence-electron chi connectivity index (χ2n) is 2.62. The van der Waals surface area contributed by atoms with Crippen LogP contribution in [0.1, 0.15) is 23.2 Å². The predicted molar refractivity (Wildman–Crippen MR) is 46.8 cm³/mol. The minimum Gasteiger partial charge on any atom is -0.325 e. The van der Waals surface area contributed by atoms with Gasteiger partial charge >= 0.3 is 0 Å². The second kappa shape index (κ2) is 3.98. The van der Waals surface area contributed by atoms with Gasteiger partial charge in [-0.2, -0.15) is 0 Å². The Bertz CT molecular complexity index is 315. The van der Waals surface area contributed by atoms with E-state index < -0.39 is 6.43 Å². The van der Waals surface area contributed by atoms with E-state index >= 15 is 0 Å². The highest BCUT2D eigenvalue weighted by atomic mass is 35.5. The SMILES string of the molecule is Cc1cnc(CN)c(Cl)c1C(F)F. The van der Waals surface area contributed by atoms with Gasteiger partial charge in [0.1, 0.15) is 0 Å². The highest BCUT2D eigenvalue weighted by Crippen LogP contribution is 2.31. The maximum absolute atomic E-state index is 12.5. The van der Waals surface area contributed by atoms with Gasteiger partial charge in [0.05, 0.1) is 10.7 Å². The van der Waals surface area contributed by atoms with Crippen LogP contribution in [0.4, 0.5) is 8.78 Å². The molecule has 2 nitrogen and oxygen atoms in total. The third-order valence-electron chi connectivity index (χ3n) is 1.74. The minimum atomic E-state index is -2.58. The fourth-order valence-electron chi connectivity index (χ4n) is 1.04. The first kappa shape index (κ1) is 10.3. The van der Waals surface area contributed by atoms with E-state index in [-0.39, 0.29) is 17.1 Å². The van der Waals surface area contributed by atoms with Crippen molar-refractivity contribution in [2.75, 3.05) is 0 Å². The summed E-state index contributed by atoms with van der Waals surface area (Å²) in [5.74, 6) is 0. The number of aryl methyl sites for hydroxylation is 1. The summed E-state index contributed by atoms with van der Waals surface area (Å²) in [6.45, 7) is 1.61. The van der Waals surface area contributed by atoms with Gasteiger partial charge in [0.25, 0.3) is 6.43 Å². The van der Waals surface area contributed by atoms with E-state index in [1.807, 2.05) is 0 Å². The molecule has 0 fully saturated rings. The van der Waals surface area contributed by atoms with Crippen LogP contribution in [-0.2, 0) is 6.54 Å². The molecule has 0 radical (unpaired) electrons. The number of hydrogen-bond acceptors (Lipinski definition) is 2. The number of nitrogens with zero attached hydrogens (tertiary/aromatic N) is 1. The molecule has 0 bridgehead atoms. The van der Waals surface area contributed by atoms with Crippen molar-refractivity contribution in [3.8, 4) is 0 Å². The highest BCUT2D eigenvalue weighted by molar-refractivity contribution is 6.32. The minimum absolute atomic E-state index is 0.0162. The van der Waals surface area contributed by atoms with Gasteiger partial charge in [-0.3, -0.25) is 4.98 Å². The van der Waals surface area contributed by atoms with Gasteiger partial charge in [-0.25, -0.2) is 8.78 Å². The van der Waals surface area contributed by atoms with Crippen molar-refractivity contribution < 1.29 is 8.78 Å². The molecule has 0 spiro atoms. The van der Waals surface area contributed by atoms with Gasteiger partial charge in [0, 0.05) is 18.3 Å². The molecule has 0 aromatic carbocycles. The normalized spacial score (nSPS) is 10.9. The first-order valence-electron chi connectivity index (χ1n) is 3.70. The van der Waals surface area contributed by atoms with Crippen LogP contribution >= 0.6 is 11.6 Å². The fourth-order valence-corrected chi connectivity index (χ4v) is 1.40. The summed E-state index contributed by atoms with van der Waals surface area (Å²) in [5, 5.41) is -0.0162. The van der Waals surface area contributed by atoms with Crippen molar-refractivity contribution in [3.63, 3.8) is 0 Å². The number of halogens is 3. The predicted octanol–water partition coefficient (Wildman–Crippen LogP) is 2.44. The highest BCUT2D eigenvalue weighted by Gasteiger charge is 2.17. The Morgan fingerprint density at radius 3 is 2.69 bits per heavy atom. The number of pyridine rings is 1. The Labute approximate surface area is 79.7 Å². The average molecular weight is 207 g/mol. The van der Waals surface area contributed by atoms with Gasteiger partial charge in [-0.1, -0.05) is 11.6 Å². The molecule has 0 aliphatic heterocycles. The maximum Gasteiger partial charge on any atom is 0.265 e. The molecule has 13 heavy (non-hydrogen) atoms. The Kier molecular flexibility index (Phi) is 3.17. The lowest BCUT2D eigenvalue weighted by Crippen LogP contribution is -2.04. The molecule has 0 amide bonds. The average Bonchev–Trinajstić information content (AvgIpc) is 2.04.